The summed E-state index contributed by atoms with van der Waals surface area (Å²) in [5, 5.41) is 0. The van der Waals surface area contributed by atoms with Gasteiger partial charge in [0.1, 0.15) is 11.9 Å². The topological polar surface area (TPSA) is 54.0 Å². The van der Waals surface area contributed by atoms with E-state index in [1.54, 1.807) is 0 Å². The van der Waals surface area contributed by atoms with E-state index in [0.29, 0.717) is 36.4 Å². The van der Waals surface area contributed by atoms with Crippen molar-refractivity contribution in [2.24, 2.45) is 11.3 Å². The third-order valence-corrected chi connectivity index (χ3v) is 14.3. The molecule has 1 saturated heterocycles. The molecule has 1 spiro atoms. The molecule has 1 aromatic rings. The van der Waals surface area contributed by atoms with Crippen molar-refractivity contribution < 1.29 is 23.4 Å². The number of hydrogen-bond acceptors (Lipinski definition) is 5. The summed E-state index contributed by atoms with van der Waals surface area (Å²) in [5.41, 5.74) is 0.997. The van der Waals surface area contributed by atoms with E-state index in [9.17, 15) is 4.79 Å². The number of benzene rings is 1. The first-order chi connectivity index (χ1) is 16.3. The Hall–Kier alpha value is -1.31. The van der Waals surface area contributed by atoms with E-state index in [1.165, 1.54) is 0 Å². The quantitative estimate of drug-likeness (QED) is 0.203. The Morgan fingerprint density at radius 1 is 1.03 bits per heavy atom. The van der Waals surface area contributed by atoms with Crippen molar-refractivity contribution in [2.75, 3.05) is 13.2 Å². The van der Waals surface area contributed by atoms with Crippen molar-refractivity contribution in [3.05, 3.63) is 48.0 Å². The van der Waals surface area contributed by atoms with Crippen molar-refractivity contribution in [1.29, 1.82) is 0 Å². The Bertz CT molecular complexity index is 859. The zero-order chi connectivity index (χ0) is 26.1. The van der Waals surface area contributed by atoms with E-state index in [1.807, 2.05) is 38.1 Å². The maximum absolute atomic E-state index is 12.8. The number of aldehydes is 1. The number of rotatable bonds is 10. The summed E-state index contributed by atoms with van der Waals surface area (Å²) in [6.45, 7) is 20.9. The lowest BCUT2D eigenvalue weighted by molar-refractivity contribution is -0.187. The molecule has 35 heavy (non-hydrogen) atoms. The first-order valence-electron chi connectivity index (χ1n) is 13.1. The molecule has 0 aromatic heterocycles. The molecule has 5 nitrogen and oxygen atoms in total. The molecule has 1 fully saturated rings. The number of hydrogen-bond donors (Lipinski definition) is 0. The smallest absolute Gasteiger partial charge is 0.200 e. The molecule has 0 amide bonds. The lowest BCUT2D eigenvalue weighted by atomic mass is 9.63. The van der Waals surface area contributed by atoms with Crippen LogP contribution >= 0.6 is 0 Å². The van der Waals surface area contributed by atoms with Gasteiger partial charge in [-0.05, 0) is 36.0 Å². The molecule has 0 bridgehead atoms. The predicted octanol–water partition coefficient (Wildman–Crippen LogP) is 6.68. The summed E-state index contributed by atoms with van der Waals surface area (Å²) in [4.78, 5) is 12.8. The van der Waals surface area contributed by atoms with Crippen LogP contribution in [-0.4, -0.2) is 45.3 Å². The summed E-state index contributed by atoms with van der Waals surface area (Å²) in [6.07, 6.45) is 4.81. The van der Waals surface area contributed by atoms with Crippen LogP contribution in [0.1, 0.15) is 67.9 Å². The summed E-state index contributed by atoms with van der Waals surface area (Å²) >= 11 is 0. The van der Waals surface area contributed by atoms with Crippen LogP contribution < -0.4 is 0 Å². The first kappa shape index (κ1) is 28.3. The molecule has 0 N–H and O–H groups in total. The van der Waals surface area contributed by atoms with Gasteiger partial charge in [0, 0.05) is 12.0 Å². The van der Waals surface area contributed by atoms with Gasteiger partial charge in [0.15, 0.2) is 14.1 Å². The molecule has 6 heteroatoms. The predicted molar refractivity (Wildman–Crippen MR) is 143 cm³/mol. The van der Waals surface area contributed by atoms with Gasteiger partial charge in [-0.3, -0.25) is 0 Å². The molecule has 0 unspecified atom stereocenters. The minimum Gasteiger partial charge on any atom is -0.415 e. The maximum atomic E-state index is 12.8. The van der Waals surface area contributed by atoms with Crippen molar-refractivity contribution >= 4 is 14.6 Å². The second kappa shape index (κ2) is 10.6. The Balaban J connectivity index is 1.99. The normalized spacial score (nSPS) is 30.6. The Morgan fingerprint density at radius 3 is 2.11 bits per heavy atom. The first-order valence-corrected chi connectivity index (χ1v) is 15.3. The molecular weight excluding hydrogens is 456 g/mol. The van der Waals surface area contributed by atoms with Gasteiger partial charge in [-0.2, -0.15) is 0 Å². The number of ether oxygens (including phenoxy) is 3. The molecule has 3 rings (SSSR count). The van der Waals surface area contributed by atoms with Gasteiger partial charge in [0.05, 0.1) is 25.2 Å². The summed E-state index contributed by atoms with van der Waals surface area (Å²) in [5.74, 6) is -1.22. The fraction of sp³-hybridized carbons (Fsp3) is 0.690. The van der Waals surface area contributed by atoms with Crippen molar-refractivity contribution in [2.45, 2.75) is 103 Å². The maximum Gasteiger partial charge on any atom is 0.200 e. The average Bonchev–Trinajstić information content (AvgIpc) is 3.08. The van der Waals surface area contributed by atoms with E-state index >= 15 is 0 Å². The fourth-order valence-electron chi connectivity index (χ4n) is 6.58. The zero-order valence-electron chi connectivity index (χ0n) is 23.2. The lowest BCUT2D eigenvalue weighted by Gasteiger charge is -2.52. The van der Waals surface area contributed by atoms with Crippen molar-refractivity contribution in [3.63, 3.8) is 0 Å². The van der Waals surface area contributed by atoms with Crippen LogP contribution in [0.25, 0.3) is 0 Å². The molecule has 1 aromatic carbocycles. The van der Waals surface area contributed by atoms with Crippen LogP contribution in [0.15, 0.2) is 42.5 Å². The molecule has 1 aliphatic heterocycles. The van der Waals surface area contributed by atoms with Crippen LogP contribution in [0.2, 0.25) is 16.6 Å². The lowest BCUT2D eigenvalue weighted by Crippen LogP contribution is -2.60. The molecule has 4 atom stereocenters. The zero-order valence-corrected chi connectivity index (χ0v) is 24.2. The summed E-state index contributed by atoms with van der Waals surface area (Å²) < 4.78 is 26.0. The SMILES string of the molecule is CC(C)[Si](OC[C@]1(C)[C@@H](OCc2ccccc2)C=C[C@@]2(COC(C)(C)O2)[C@H]1C=O)(C(C)C)C(C)C. The number of carbonyl (C=O) groups excluding carboxylic acids is 1. The molecule has 0 saturated carbocycles. The van der Waals surface area contributed by atoms with Gasteiger partial charge in [-0.1, -0.05) is 91.0 Å². The van der Waals surface area contributed by atoms with Crippen molar-refractivity contribution in [3.8, 4) is 0 Å². The third kappa shape index (κ3) is 5.37. The molecule has 1 heterocycles. The minimum absolute atomic E-state index is 0.297. The van der Waals surface area contributed by atoms with E-state index in [4.69, 9.17) is 18.6 Å². The Kier molecular flexibility index (Phi) is 8.55. The standard InChI is InChI=1S/C29H46O5Si/c1-21(2)35(22(3)4,23(5)6)33-19-28(9)25(17-30)29(20-32-27(7,8)34-29)16-15-26(28)31-18-24-13-11-10-12-14-24/h10-17,21-23,25-26H,18-20H2,1-9H3/t25-,26-,28-,29+/m0/s1. The monoisotopic (exact) mass is 502 g/mol. The fourth-order valence-corrected chi connectivity index (χ4v) is 12.1. The Morgan fingerprint density at radius 2 is 1.63 bits per heavy atom. The molecule has 2 aliphatic rings. The van der Waals surface area contributed by atoms with Crippen LogP contribution in [0.5, 0.6) is 0 Å². The van der Waals surface area contributed by atoms with Gasteiger partial charge < -0.3 is 23.4 Å². The van der Waals surface area contributed by atoms with Gasteiger partial charge in [-0.15, -0.1) is 0 Å². The van der Waals surface area contributed by atoms with E-state index in [-0.39, 0.29) is 6.10 Å². The highest BCUT2D eigenvalue weighted by molar-refractivity contribution is 6.77. The van der Waals surface area contributed by atoms with Crippen LogP contribution in [0, 0.1) is 11.3 Å². The van der Waals surface area contributed by atoms with Crippen molar-refractivity contribution in [1.82, 2.24) is 0 Å². The summed E-state index contributed by atoms with van der Waals surface area (Å²) in [6, 6.07) is 10.1. The Labute approximate surface area is 213 Å². The molecule has 196 valence electrons. The highest BCUT2D eigenvalue weighted by Gasteiger charge is 2.60. The summed E-state index contributed by atoms with van der Waals surface area (Å²) in [7, 11) is -2.16. The van der Waals surface area contributed by atoms with Crippen LogP contribution in [0.3, 0.4) is 0 Å². The van der Waals surface area contributed by atoms with E-state index in [2.05, 4.69) is 66.7 Å². The van der Waals surface area contributed by atoms with Gasteiger partial charge in [-0.25, -0.2) is 0 Å². The van der Waals surface area contributed by atoms with E-state index in [0.717, 1.165) is 11.8 Å². The minimum atomic E-state index is -2.16. The van der Waals surface area contributed by atoms with Gasteiger partial charge in [0.25, 0.3) is 0 Å². The second-order valence-corrected chi connectivity index (χ2v) is 17.5. The highest BCUT2D eigenvalue weighted by Crippen LogP contribution is 2.52. The molecule has 0 radical (unpaired) electrons. The third-order valence-electron chi connectivity index (χ3n) is 8.27. The van der Waals surface area contributed by atoms with E-state index < -0.39 is 31.0 Å². The molecule has 1 aliphatic carbocycles. The van der Waals surface area contributed by atoms with Crippen LogP contribution in [0.4, 0.5) is 0 Å². The van der Waals surface area contributed by atoms with Gasteiger partial charge in [0.2, 0.25) is 0 Å². The molecular formula is C29H46O5Si. The second-order valence-electron chi connectivity index (χ2n) is 12.0. The largest absolute Gasteiger partial charge is 0.415 e. The highest BCUT2D eigenvalue weighted by atomic mass is 28.4. The number of carbonyl (C=O) groups is 1. The van der Waals surface area contributed by atoms with Gasteiger partial charge >= 0.3 is 0 Å². The van der Waals surface area contributed by atoms with Crippen LogP contribution in [-0.2, 0) is 30.0 Å². The average molecular weight is 503 g/mol.